The Hall–Kier alpha value is -1.09. The van der Waals surface area contributed by atoms with Crippen molar-refractivity contribution < 1.29 is 15.0 Å². The third-order valence-corrected chi connectivity index (χ3v) is 2.57. The molecule has 0 rings (SSSR count). The first kappa shape index (κ1) is 15.9. The van der Waals surface area contributed by atoms with E-state index >= 15 is 0 Å². The fourth-order valence-corrected chi connectivity index (χ4v) is 1.70. The minimum Gasteiger partial charge on any atom is -0.478 e. The maximum Gasteiger partial charge on any atom is 0.328 e. The predicted molar refractivity (Wildman–Crippen MR) is 69.8 cm³/mol. The molecule has 0 aromatic carbocycles. The molecule has 0 spiro atoms. The molecule has 0 aromatic rings. The second-order valence-electron chi connectivity index (χ2n) is 4.69. The van der Waals surface area contributed by atoms with E-state index in [1.807, 2.05) is 13.8 Å². The zero-order valence-corrected chi connectivity index (χ0v) is 11.0. The highest BCUT2D eigenvalue weighted by atomic mass is 16.4. The van der Waals surface area contributed by atoms with Crippen LogP contribution in [0.1, 0.15) is 46.5 Å². The first-order chi connectivity index (χ1) is 7.91. The Morgan fingerprint density at radius 3 is 2.29 bits per heavy atom. The van der Waals surface area contributed by atoms with E-state index in [1.54, 1.807) is 6.08 Å². The van der Waals surface area contributed by atoms with Gasteiger partial charge in [0.1, 0.15) is 0 Å². The number of aliphatic hydroxyl groups excluding tert-OH is 1. The molecule has 2 N–H and O–H groups in total. The van der Waals surface area contributed by atoms with Crippen LogP contribution in [0.3, 0.4) is 0 Å². The molecule has 98 valence electrons. The average molecular weight is 240 g/mol. The molecule has 2 unspecified atom stereocenters. The molecule has 0 bridgehead atoms. The van der Waals surface area contributed by atoms with Crippen molar-refractivity contribution in [1.82, 2.24) is 0 Å². The molecule has 0 fully saturated rings. The van der Waals surface area contributed by atoms with Crippen molar-refractivity contribution in [3.63, 3.8) is 0 Å². The van der Waals surface area contributed by atoms with E-state index in [9.17, 15) is 4.79 Å². The van der Waals surface area contributed by atoms with Crippen LogP contribution in [0.5, 0.6) is 0 Å². The molecule has 0 aromatic heterocycles. The van der Waals surface area contributed by atoms with Gasteiger partial charge in [-0.25, -0.2) is 4.79 Å². The Morgan fingerprint density at radius 1 is 1.18 bits per heavy atom. The summed E-state index contributed by atoms with van der Waals surface area (Å²) in [5.74, 6) is -0.468. The lowest BCUT2D eigenvalue weighted by Gasteiger charge is -2.08. The standard InChI is InChI=1S/C14H24O3/c1-11(6-4-5-7-13(3)15)10-12(2)8-9-14(16)17/h8-11,13,15H,4-7H2,1-3H3,(H,16,17)/b9-8+,12-10+. The van der Waals surface area contributed by atoms with Gasteiger partial charge in [0.15, 0.2) is 0 Å². The topological polar surface area (TPSA) is 57.5 Å². The van der Waals surface area contributed by atoms with Gasteiger partial charge in [-0.05, 0) is 32.6 Å². The van der Waals surface area contributed by atoms with Crippen LogP contribution in [0.15, 0.2) is 23.8 Å². The Bertz CT molecular complexity index is 277. The minimum atomic E-state index is -0.915. The molecule has 3 nitrogen and oxygen atoms in total. The summed E-state index contributed by atoms with van der Waals surface area (Å²) in [4.78, 5) is 10.3. The summed E-state index contributed by atoms with van der Waals surface area (Å²) in [6.45, 7) is 5.84. The van der Waals surface area contributed by atoms with Crippen molar-refractivity contribution in [3.8, 4) is 0 Å². The van der Waals surface area contributed by atoms with E-state index in [0.717, 1.165) is 37.3 Å². The molecular formula is C14H24O3. The molecular weight excluding hydrogens is 216 g/mol. The van der Waals surface area contributed by atoms with Crippen LogP contribution in [-0.2, 0) is 4.79 Å². The molecule has 0 amide bonds. The van der Waals surface area contributed by atoms with Crippen LogP contribution in [0.4, 0.5) is 0 Å². The molecule has 3 heteroatoms. The quantitative estimate of drug-likeness (QED) is 0.389. The minimum absolute atomic E-state index is 0.207. The number of allylic oxidation sites excluding steroid dienone is 3. The van der Waals surface area contributed by atoms with E-state index in [1.165, 1.54) is 0 Å². The molecule has 0 aliphatic rings. The summed E-state index contributed by atoms with van der Waals surface area (Å²) in [6, 6.07) is 0. The number of hydrogen-bond acceptors (Lipinski definition) is 2. The highest BCUT2D eigenvalue weighted by Gasteiger charge is 2.00. The third kappa shape index (κ3) is 11.2. The molecule has 0 heterocycles. The largest absolute Gasteiger partial charge is 0.478 e. The summed E-state index contributed by atoms with van der Waals surface area (Å²) < 4.78 is 0. The van der Waals surface area contributed by atoms with Crippen molar-refractivity contribution in [3.05, 3.63) is 23.8 Å². The van der Waals surface area contributed by atoms with E-state index in [4.69, 9.17) is 10.2 Å². The number of unbranched alkanes of at least 4 members (excludes halogenated alkanes) is 1. The van der Waals surface area contributed by atoms with Crippen molar-refractivity contribution in [2.24, 2.45) is 5.92 Å². The number of carbonyl (C=O) groups is 1. The lowest BCUT2D eigenvalue weighted by Crippen LogP contribution is -1.99. The Morgan fingerprint density at radius 2 is 1.76 bits per heavy atom. The van der Waals surface area contributed by atoms with Crippen molar-refractivity contribution in [2.75, 3.05) is 0 Å². The van der Waals surface area contributed by atoms with Gasteiger partial charge in [-0.1, -0.05) is 37.5 Å². The number of aliphatic carboxylic acids is 1. The van der Waals surface area contributed by atoms with Crippen LogP contribution < -0.4 is 0 Å². The van der Waals surface area contributed by atoms with Crippen LogP contribution in [0.25, 0.3) is 0 Å². The van der Waals surface area contributed by atoms with Gasteiger partial charge in [-0.2, -0.15) is 0 Å². The van der Waals surface area contributed by atoms with Gasteiger partial charge in [0.05, 0.1) is 6.10 Å². The van der Waals surface area contributed by atoms with Crippen LogP contribution in [0.2, 0.25) is 0 Å². The average Bonchev–Trinajstić information content (AvgIpc) is 2.21. The molecule has 0 aliphatic heterocycles. The van der Waals surface area contributed by atoms with Gasteiger partial charge >= 0.3 is 5.97 Å². The molecule has 2 atom stereocenters. The van der Waals surface area contributed by atoms with Crippen LogP contribution >= 0.6 is 0 Å². The Kier molecular flexibility index (Phi) is 8.42. The maximum absolute atomic E-state index is 10.3. The lowest BCUT2D eigenvalue weighted by molar-refractivity contribution is -0.131. The zero-order valence-electron chi connectivity index (χ0n) is 11.0. The second-order valence-corrected chi connectivity index (χ2v) is 4.69. The second kappa shape index (κ2) is 8.99. The Labute approximate surface area is 104 Å². The fraction of sp³-hybridized carbons (Fsp3) is 0.643. The summed E-state index contributed by atoms with van der Waals surface area (Å²) in [7, 11) is 0. The van der Waals surface area contributed by atoms with E-state index in [2.05, 4.69) is 13.0 Å². The van der Waals surface area contributed by atoms with Crippen molar-refractivity contribution >= 4 is 5.97 Å². The lowest BCUT2D eigenvalue weighted by atomic mass is 10.00. The molecule has 17 heavy (non-hydrogen) atoms. The third-order valence-electron chi connectivity index (χ3n) is 2.57. The molecule has 0 aliphatic carbocycles. The fourth-order valence-electron chi connectivity index (χ4n) is 1.70. The first-order valence-corrected chi connectivity index (χ1v) is 6.19. The number of hydrogen-bond donors (Lipinski definition) is 2. The number of carboxylic acids is 1. The van der Waals surface area contributed by atoms with Gasteiger partial charge in [0.25, 0.3) is 0 Å². The van der Waals surface area contributed by atoms with Gasteiger partial charge in [-0.3, -0.25) is 0 Å². The summed E-state index contributed by atoms with van der Waals surface area (Å²) >= 11 is 0. The van der Waals surface area contributed by atoms with Gasteiger partial charge in [-0.15, -0.1) is 0 Å². The van der Waals surface area contributed by atoms with E-state index in [-0.39, 0.29) is 6.10 Å². The number of carboxylic acid groups (broad SMARTS) is 1. The summed E-state index contributed by atoms with van der Waals surface area (Å²) in [5, 5.41) is 17.6. The van der Waals surface area contributed by atoms with Gasteiger partial charge < -0.3 is 10.2 Å². The van der Waals surface area contributed by atoms with Crippen molar-refractivity contribution in [2.45, 2.75) is 52.6 Å². The monoisotopic (exact) mass is 240 g/mol. The first-order valence-electron chi connectivity index (χ1n) is 6.19. The number of rotatable bonds is 8. The van der Waals surface area contributed by atoms with Gasteiger partial charge in [0, 0.05) is 6.08 Å². The molecule has 0 radical (unpaired) electrons. The highest BCUT2D eigenvalue weighted by Crippen LogP contribution is 2.14. The maximum atomic E-state index is 10.3. The Balaban J connectivity index is 3.86. The van der Waals surface area contributed by atoms with E-state index < -0.39 is 5.97 Å². The SMILES string of the molecule is CC(/C=C/C(=O)O)=C\C(C)CCCCC(C)O. The number of aliphatic hydroxyl groups is 1. The zero-order chi connectivity index (χ0) is 13.3. The van der Waals surface area contributed by atoms with Crippen LogP contribution in [0, 0.1) is 5.92 Å². The predicted octanol–water partition coefficient (Wildman–Crippen LogP) is 3.15. The van der Waals surface area contributed by atoms with Crippen LogP contribution in [-0.4, -0.2) is 22.3 Å². The van der Waals surface area contributed by atoms with Gasteiger partial charge in [0.2, 0.25) is 0 Å². The summed E-state index contributed by atoms with van der Waals surface area (Å²) in [6.07, 6.45) is 8.72. The molecule has 0 saturated carbocycles. The summed E-state index contributed by atoms with van der Waals surface area (Å²) in [5.41, 5.74) is 0.982. The normalized spacial score (nSPS) is 16.1. The highest BCUT2D eigenvalue weighted by molar-refractivity contribution is 5.80. The van der Waals surface area contributed by atoms with E-state index in [0.29, 0.717) is 5.92 Å². The smallest absolute Gasteiger partial charge is 0.328 e. The molecule has 0 saturated heterocycles. The van der Waals surface area contributed by atoms with Crippen molar-refractivity contribution in [1.29, 1.82) is 0 Å².